The van der Waals surface area contributed by atoms with Crippen molar-refractivity contribution < 1.29 is 9.53 Å². The van der Waals surface area contributed by atoms with Crippen molar-refractivity contribution in [3.05, 3.63) is 35.9 Å². The van der Waals surface area contributed by atoms with Gasteiger partial charge in [-0.05, 0) is 39.2 Å². The van der Waals surface area contributed by atoms with Crippen LogP contribution in [0.1, 0.15) is 39.2 Å². The zero-order valence-electron chi connectivity index (χ0n) is 12.3. The lowest BCUT2D eigenvalue weighted by Gasteiger charge is -2.42. The lowest BCUT2D eigenvalue weighted by atomic mass is 9.91. The first kappa shape index (κ1) is 15.4. The van der Waals surface area contributed by atoms with Crippen LogP contribution in [-0.4, -0.2) is 27.5 Å². The van der Waals surface area contributed by atoms with Gasteiger partial charge in [-0.3, -0.25) is 4.90 Å². The minimum Gasteiger partial charge on any atom is -0.444 e. The van der Waals surface area contributed by atoms with Gasteiger partial charge in [0.05, 0.1) is 0 Å². The Bertz CT molecular complexity index is 455. The molecule has 3 nitrogen and oxygen atoms in total. The Labute approximate surface area is 129 Å². The number of benzene rings is 1. The summed E-state index contributed by atoms with van der Waals surface area (Å²) < 4.78 is 5.54. The van der Waals surface area contributed by atoms with Crippen LogP contribution in [0.4, 0.5) is 4.79 Å². The summed E-state index contributed by atoms with van der Waals surface area (Å²) in [5.41, 5.74) is 0.669. The standard InChI is InChI=1S/C16H22BrNO2/c1-16(2,3)20-15(19)18(14-10-9-13(14)17)11-12-7-5-4-6-8-12/h4-8,13-14H,9-11H2,1-3H3/t13-,14?/m0/s1. The van der Waals surface area contributed by atoms with Gasteiger partial charge in [0.15, 0.2) is 0 Å². The first-order chi connectivity index (χ1) is 9.37. The summed E-state index contributed by atoms with van der Waals surface area (Å²) in [4.78, 5) is 14.7. The van der Waals surface area contributed by atoms with Crippen LogP contribution in [0.3, 0.4) is 0 Å². The number of carbonyl (C=O) groups is 1. The molecular formula is C16H22BrNO2. The fourth-order valence-electron chi connectivity index (χ4n) is 2.21. The Hall–Kier alpha value is -1.03. The van der Waals surface area contributed by atoms with Crippen molar-refractivity contribution in [2.24, 2.45) is 0 Å². The molecule has 0 aliphatic heterocycles. The maximum atomic E-state index is 12.4. The molecule has 0 bridgehead atoms. The van der Waals surface area contributed by atoms with Crippen molar-refractivity contribution in [1.82, 2.24) is 4.90 Å². The second-order valence-corrected chi connectivity index (χ2v) is 7.43. The summed E-state index contributed by atoms with van der Waals surface area (Å²) in [6.45, 7) is 6.30. The molecule has 4 heteroatoms. The second kappa shape index (κ2) is 6.17. The topological polar surface area (TPSA) is 29.5 Å². The SMILES string of the molecule is CC(C)(C)OC(=O)N(Cc1ccccc1)C1CC[C@@H]1Br. The van der Waals surface area contributed by atoms with Gasteiger partial charge in [0, 0.05) is 17.4 Å². The number of hydrogen-bond donors (Lipinski definition) is 0. The Balaban J connectivity index is 2.10. The van der Waals surface area contributed by atoms with Gasteiger partial charge >= 0.3 is 6.09 Å². The van der Waals surface area contributed by atoms with E-state index in [1.54, 1.807) is 0 Å². The highest BCUT2D eigenvalue weighted by atomic mass is 79.9. The average Bonchev–Trinajstić information content (AvgIpc) is 2.35. The first-order valence-corrected chi connectivity index (χ1v) is 7.96. The zero-order valence-corrected chi connectivity index (χ0v) is 13.9. The summed E-state index contributed by atoms with van der Waals surface area (Å²) in [6.07, 6.45) is 1.91. The molecule has 0 spiro atoms. The van der Waals surface area contributed by atoms with Crippen LogP contribution in [-0.2, 0) is 11.3 Å². The normalized spacial score (nSPS) is 22.0. The number of carbonyl (C=O) groups excluding carboxylic acids is 1. The van der Waals surface area contributed by atoms with Crippen LogP contribution in [0, 0.1) is 0 Å². The lowest BCUT2D eigenvalue weighted by molar-refractivity contribution is 0.00626. The monoisotopic (exact) mass is 339 g/mol. The summed E-state index contributed by atoms with van der Waals surface area (Å²) in [5, 5.41) is 0. The highest BCUT2D eigenvalue weighted by Gasteiger charge is 2.38. The van der Waals surface area contributed by atoms with Gasteiger partial charge in [0.2, 0.25) is 0 Å². The number of halogens is 1. The van der Waals surface area contributed by atoms with E-state index in [4.69, 9.17) is 4.74 Å². The molecule has 0 aromatic heterocycles. The van der Waals surface area contributed by atoms with Gasteiger partial charge < -0.3 is 4.74 Å². The number of ether oxygens (including phenoxy) is 1. The summed E-state index contributed by atoms with van der Waals surface area (Å²) in [6, 6.07) is 10.3. The quantitative estimate of drug-likeness (QED) is 0.766. The zero-order chi connectivity index (χ0) is 14.8. The molecule has 20 heavy (non-hydrogen) atoms. The van der Waals surface area contributed by atoms with Crippen LogP contribution in [0.5, 0.6) is 0 Å². The minimum absolute atomic E-state index is 0.226. The second-order valence-electron chi connectivity index (χ2n) is 6.25. The molecule has 1 aliphatic carbocycles. The molecule has 0 N–H and O–H groups in total. The van der Waals surface area contributed by atoms with Crippen molar-refractivity contribution in [3.8, 4) is 0 Å². The molecule has 1 unspecified atom stereocenters. The van der Waals surface area contributed by atoms with Gasteiger partial charge in [0.1, 0.15) is 5.60 Å². The van der Waals surface area contributed by atoms with Crippen LogP contribution >= 0.6 is 15.9 Å². The molecule has 0 radical (unpaired) electrons. The van der Waals surface area contributed by atoms with Crippen LogP contribution in [0.2, 0.25) is 0 Å². The predicted octanol–water partition coefficient (Wildman–Crippen LogP) is 4.35. The smallest absolute Gasteiger partial charge is 0.410 e. The van der Waals surface area contributed by atoms with E-state index < -0.39 is 5.60 Å². The third-order valence-corrected chi connectivity index (χ3v) is 4.45. The molecule has 1 amide bonds. The number of amides is 1. The van der Waals surface area contributed by atoms with E-state index in [-0.39, 0.29) is 12.1 Å². The number of alkyl halides is 1. The Morgan fingerprint density at radius 3 is 2.40 bits per heavy atom. The molecule has 0 saturated heterocycles. The fourth-order valence-corrected chi connectivity index (χ4v) is 3.02. The average molecular weight is 340 g/mol. The number of nitrogens with zero attached hydrogens (tertiary/aromatic N) is 1. The molecule has 110 valence electrons. The molecule has 1 saturated carbocycles. The van der Waals surface area contributed by atoms with E-state index in [0.29, 0.717) is 11.4 Å². The highest BCUT2D eigenvalue weighted by Crippen LogP contribution is 2.33. The highest BCUT2D eigenvalue weighted by molar-refractivity contribution is 9.09. The molecule has 1 aromatic carbocycles. The Morgan fingerprint density at radius 1 is 1.30 bits per heavy atom. The molecule has 0 heterocycles. The molecular weight excluding hydrogens is 318 g/mol. The molecule has 1 aromatic rings. The largest absolute Gasteiger partial charge is 0.444 e. The van der Waals surface area contributed by atoms with E-state index in [9.17, 15) is 4.79 Å². The van der Waals surface area contributed by atoms with Crippen LogP contribution in [0.15, 0.2) is 30.3 Å². The summed E-state index contributed by atoms with van der Waals surface area (Å²) >= 11 is 3.64. The van der Waals surface area contributed by atoms with Crippen molar-refractivity contribution in [3.63, 3.8) is 0 Å². The molecule has 2 atom stereocenters. The van der Waals surface area contributed by atoms with E-state index >= 15 is 0 Å². The van der Waals surface area contributed by atoms with E-state index in [1.165, 1.54) is 0 Å². The maximum absolute atomic E-state index is 12.4. The van der Waals surface area contributed by atoms with Crippen LogP contribution in [0.25, 0.3) is 0 Å². The fraction of sp³-hybridized carbons (Fsp3) is 0.562. The molecule has 1 aliphatic rings. The van der Waals surface area contributed by atoms with E-state index in [2.05, 4.69) is 15.9 Å². The summed E-state index contributed by atoms with van der Waals surface area (Å²) in [5.74, 6) is 0. The maximum Gasteiger partial charge on any atom is 0.410 e. The lowest BCUT2D eigenvalue weighted by Crippen LogP contribution is -2.51. The van der Waals surface area contributed by atoms with Gasteiger partial charge in [-0.25, -0.2) is 4.79 Å². The van der Waals surface area contributed by atoms with Gasteiger partial charge in [0.25, 0.3) is 0 Å². The first-order valence-electron chi connectivity index (χ1n) is 7.04. The van der Waals surface area contributed by atoms with E-state index in [0.717, 1.165) is 18.4 Å². The number of rotatable bonds is 3. The molecule has 1 fully saturated rings. The van der Waals surface area contributed by atoms with Gasteiger partial charge in [-0.2, -0.15) is 0 Å². The Morgan fingerprint density at radius 2 is 1.95 bits per heavy atom. The van der Waals surface area contributed by atoms with E-state index in [1.807, 2.05) is 56.0 Å². The van der Waals surface area contributed by atoms with Crippen LogP contribution < -0.4 is 0 Å². The minimum atomic E-state index is -0.461. The third kappa shape index (κ3) is 3.98. The van der Waals surface area contributed by atoms with Crippen molar-refractivity contribution in [2.45, 2.75) is 56.6 Å². The van der Waals surface area contributed by atoms with Gasteiger partial charge in [-0.15, -0.1) is 0 Å². The van der Waals surface area contributed by atoms with Crippen molar-refractivity contribution in [1.29, 1.82) is 0 Å². The predicted molar refractivity (Wildman–Crippen MR) is 84.0 cm³/mol. The molecule has 2 rings (SSSR count). The number of hydrogen-bond acceptors (Lipinski definition) is 2. The Kier molecular flexibility index (Phi) is 4.74. The summed E-state index contributed by atoms with van der Waals surface area (Å²) in [7, 11) is 0. The van der Waals surface area contributed by atoms with Gasteiger partial charge in [-0.1, -0.05) is 46.3 Å². The third-order valence-electron chi connectivity index (χ3n) is 3.38. The van der Waals surface area contributed by atoms with Crippen molar-refractivity contribution in [2.75, 3.05) is 0 Å². The van der Waals surface area contributed by atoms with Crippen molar-refractivity contribution >= 4 is 22.0 Å².